The van der Waals surface area contributed by atoms with Crippen molar-refractivity contribution >= 4 is 29.2 Å². The third-order valence-electron chi connectivity index (χ3n) is 4.52. The number of carbonyl (C=O) groups excluding carboxylic acids is 1. The highest BCUT2D eigenvalue weighted by molar-refractivity contribution is 6.35. The Balaban J connectivity index is 1.58. The van der Waals surface area contributed by atoms with Crippen LogP contribution in [0.2, 0.25) is 0 Å². The van der Waals surface area contributed by atoms with Crippen molar-refractivity contribution in [3.8, 4) is 5.75 Å². The standard InChI is InChI=1S/C23H17NO4/c25-22-19(18-6-2-3-7-20(18)24-22)13-17-5-1-4-8-21(17)28-14-15-9-11-16(12-10-15)23(26)27/h1-13H,14H2,(H,24,25)(H,26,27)/b19-13-. The summed E-state index contributed by atoms with van der Waals surface area (Å²) in [5, 5.41) is 11.8. The van der Waals surface area contributed by atoms with Crippen LogP contribution in [0, 0.1) is 0 Å². The fourth-order valence-corrected chi connectivity index (χ4v) is 3.07. The van der Waals surface area contributed by atoms with Crippen LogP contribution in [0.5, 0.6) is 5.75 Å². The number of rotatable bonds is 5. The molecule has 0 radical (unpaired) electrons. The van der Waals surface area contributed by atoms with E-state index in [1.807, 2.05) is 54.6 Å². The quantitative estimate of drug-likeness (QED) is 0.650. The lowest BCUT2D eigenvalue weighted by Gasteiger charge is -2.10. The molecule has 5 nitrogen and oxygen atoms in total. The Bertz CT molecular complexity index is 1080. The molecule has 0 atom stereocenters. The number of hydrogen-bond acceptors (Lipinski definition) is 3. The highest BCUT2D eigenvalue weighted by Gasteiger charge is 2.23. The molecule has 5 heteroatoms. The van der Waals surface area contributed by atoms with Crippen molar-refractivity contribution in [1.82, 2.24) is 0 Å². The van der Waals surface area contributed by atoms with Gasteiger partial charge >= 0.3 is 5.97 Å². The second-order valence-electron chi connectivity index (χ2n) is 6.39. The zero-order valence-electron chi connectivity index (χ0n) is 14.9. The fraction of sp³-hybridized carbons (Fsp3) is 0.0435. The maximum atomic E-state index is 12.3. The number of carboxylic acids is 1. The smallest absolute Gasteiger partial charge is 0.335 e. The van der Waals surface area contributed by atoms with E-state index in [1.54, 1.807) is 24.3 Å². The first-order valence-electron chi connectivity index (χ1n) is 8.78. The van der Waals surface area contributed by atoms with Crippen LogP contribution in [0.1, 0.15) is 27.0 Å². The van der Waals surface area contributed by atoms with Gasteiger partial charge in [0.15, 0.2) is 0 Å². The topological polar surface area (TPSA) is 75.6 Å². The Hall–Kier alpha value is -3.86. The van der Waals surface area contributed by atoms with E-state index in [1.165, 1.54) is 0 Å². The van der Waals surface area contributed by atoms with Crippen LogP contribution >= 0.6 is 0 Å². The summed E-state index contributed by atoms with van der Waals surface area (Å²) in [5.41, 5.74) is 4.16. The number of carbonyl (C=O) groups is 2. The lowest BCUT2D eigenvalue weighted by atomic mass is 10.0. The van der Waals surface area contributed by atoms with Gasteiger partial charge in [0.2, 0.25) is 0 Å². The van der Waals surface area contributed by atoms with Crippen molar-refractivity contribution in [3.63, 3.8) is 0 Å². The molecule has 3 aromatic carbocycles. The summed E-state index contributed by atoms with van der Waals surface area (Å²) in [7, 11) is 0. The highest BCUT2D eigenvalue weighted by Crippen LogP contribution is 2.34. The Morgan fingerprint density at radius 3 is 2.46 bits per heavy atom. The Labute approximate surface area is 161 Å². The molecule has 4 rings (SSSR count). The van der Waals surface area contributed by atoms with Crippen LogP contribution in [-0.2, 0) is 11.4 Å². The van der Waals surface area contributed by atoms with Crippen LogP contribution in [0.3, 0.4) is 0 Å². The molecule has 138 valence electrons. The molecule has 1 heterocycles. The Kier molecular flexibility index (Phi) is 4.64. The molecule has 0 aliphatic carbocycles. The van der Waals surface area contributed by atoms with Crippen molar-refractivity contribution in [1.29, 1.82) is 0 Å². The van der Waals surface area contributed by atoms with E-state index in [4.69, 9.17) is 9.84 Å². The molecule has 0 fully saturated rings. The number of hydrogen-bond donors (Lipinski definition) is 2. The van der Waals surface area contributed by atoms with Crippen LogP contribution < -0.4 is 10.1 Å². The molecule has 1 amide bonds. The Morgan fingerprint density at radius 1 is 0.964 bits per heavy atom. The number of aromatic carboxylic acids is 1. The number of ether oxygens (including phenoxy) is 1. The Morgan fingerprint density at radius 2 is 1.68 bits per heavy atom. The third kappa shape index (κ3) is 3.50. The molecule has 0 bridgehead atoms. The van der Waals surface area contributed by atoms with Gasteiger partial charge < -0.3 is 15.2 Å². The number of fused-ring (bicyclic) bond motifs is 1. The lowest BCUT2D eigenvalue weighted by molar-refractivity contribution is -0.110. The molecule has 0 saturated carbocycles. The highest BCUT2D eigenvalue weighted by atomic mass is 16.5. The van der Waals surface area contributed by atoms with Gasteiger partial charge in [0.25, 0.3) is 5.91 Å². The molecular weight excluding hydrogens is 354 g/mol. The third-order valence-corrected chi connectivity index (χ3v) is 4.52. The van der Waals surface area contributed by atoms with Gasteiger partial charge in [-0.1, -0.05) is 48.5 Å². The van der Waals surface area contributed by atoms with Crippen molar-refractivity contribution in [3.05, 3.63) is 95.1 Å². The molecule has 0 saturated heterocycles. The first-order valence-corrected chi connectivity index (χ1v) is 8.78. The number of anilines is 1. The number of amides is 1. The summed E-state index contributed by atoms with van der Waals surface area (Å²) >= 11 is 0. The number of carboxylic acid groups (broad SMARTS) is 1. The molecule has 2 N–H and O–H groups in total. The zero-order valence-corrected chi connectivity index (χ0v) is 14.9. The van der Waals surface area contributed by atoms with Gasteiger partial charge in [0, 0.05) is 22.4 Å². The van der Waals surface area contributed by atoms with Gasteiger partial charge in [-0.2, -0.15) is 0 Å². The van der Waals surface area contributed by atoms with Crippen LogP contribution in [0.25, 0.3) is 11.6 Å². The number of nitrogens with one attached hydrogen (secondary N) is 1. The van der Waals surface area contributed by atoms with Gasteiger partial charge in [-0.05, 0) is 35.9 Å². The van der Waals surface area contributed by atoms with E-state index in [-0.39, 0.29) is 11.5 Å². The van der Waals surface area contributed by atoms with Crippen LogP contribution in [-0.4, -0.2) is 17.0 Å². The summed E-state index contributed by atoms with van der Waals surface area (Å²) in [6.07, 6.45) is 1.82. The molecule has 1 aliphatic rings. The average Bonchev–Trinajstić information content (AvgIpc) is 3.03. The minimum Gasteiger partial charge on any atom is -0.488 e. The van der Waals surface area contributed by atoms with E-state index < -0.39 is 5.97 Å². The van der Waals surface area contributed by atoms with Crippen LogP contribution in [0.4, 0.5) is 5.69 Å². The predicted molar refractivity (Wildman–Crippen MR) is 107 cm³/mol. The molecular formula is C23H17NO4. The summed E-state index contributed by atoms with van der Waals surface area (Å²) in [6, 6.07) is 21.6. The number of para-hydroxylation sites is 2. The second-order valence-corrected chi connectivity index (χ2v) is 6.39. The molecule has 0 unspecified atom stereocenters. The van der Waals surface area contributed by atoms with Gasteiger partial charge in [-0.3, -0.25) is 4.79 Å². The predicted octanol–water partition coefficient (Wildman–Crippen LogP) is 4.46. The van der Waals surface area contributed by atoms with Crippen molar-refractivity contribution < 1.29 is 19.4 Å². The van der Waals surface area contributed by atoms with Crippen LogP contribution in [0.15, 0.2) is 72.8 Å². The minimum atomic E-state index is -0.959. The van der Waals surface area contributed by atoms with E-state index in [0.717, 1.165) is 22.4 Å². The fourth-order valence-electron chi connectivity index (χ4n) is 3.07. The maximum Gasteiger partial charge on any atom is 0.335 e. The molecule has 28 heavy (non-hydrogen) atoms. The van der Waals surface area contributed by atoms with E-state index >= 15 is 0 Å². The van der Waals surface area contributed by atoms with Gasteiger partial charge in [-0.25, -0.2) is 4.79 Å². The monoisotopic (exact) mass is 371 g/mol. The van der Waals surface area contributed by atoms with Crippen molar-refractivity contribution in [2.24, 2.45) is 0 Å². The second kappa shape index (κ2) is 7.40. The summed E-state index contributed by atoms with van der Waals surface area (Å²) in [5.74, 6) is -0.450. The lowest BCUT2D eigenvalue weighted by Crippen LogP contribution is -2.04. The maximum absolute atomic E-state index is 12.3. The molecule has 1 aliphatic heterocycles. The summed E-state index contributed by atoms with van der Waals surface area (Å²) in [6.45, 7) is 0.295. The van der Waals surface area contributed by atoms with E-state index in [2.05, 4.69) is 5.32 Å². The average molecular weight is 371 g/mol. The summed E-state index contributed by atoms with van der Waals surface area (Å²) < 4.78 is 5.93. The van der Waals surface area contributed by atoms with Crippen molar-refractivity contribution in [2.45, 2.75) is 6.61 Å². The first kappa shape index (κ1) is 17.5. The zero-order chi connectivity index (χ0) is 19.5. The van der Waals surface area contributed by atoms with E-state index in [9.17, 15) is 9.59 Å². The molecule has 3 aromatic rings. The van der Waals surface area contributed by atoms with Gasteiger partial charge in [0.05, 0.1) is 5.56 Å². The normalized spacial score (nSPS) is 13.9. The largest absolute Gasteiger partial charge is 0.488 e. The summed E-state index contributed by atoms with van der Waals surface area (Å²) in [4.78, 5) is 23.3. The van der Waals surface area contributed by atoms with E-state index in [0.29, 0.717) is 17.9 Å². The van der Waals surface area contributed by atoms with Gasteiger partial charge in [0.1, 0.15) is 12.4 Å². The van der Waals surface area contributed by atoms with Gasteiger partial charge in [-0.15, -0.1) is 0 Å². The molecule has 0 spiro atoms. The molecule has 0 aromatic heterocycles. The van der Waals surface area contributed by atoms with Crippen molar-refractivity contribution in [2.75, 3.05) is 5.32 Å². The first-order chi connectivity index (χ1) is 13.6. The number of benzene rings is 3. The minimum absolute atomic E-state index is 0.139. The SMILES string of the molecule is O=C1Nc2ccccc2/C1=C/c1ccccc1OCc1ccc(C(=O)O)cc1.